The molecule has 0 aliphatic carbocycles. The van der Waals surface area contributed by atoms with Crippen molar-refractivity contribution in [1.29, 1.82) is 0 Å². The van der Waals surface area contributed by atoms with Crippen LogP contribution < -0.4 is 5.32 Å². The van der Waals surface area contributed by atoms with Gasteiger partial charge < -0.3 is 10.2 Å². The predicted octanol–water partition coefficient (Wildman–Crippen LogP) is 4.34. The third-order valence-electron chi connectivity index (χ3n) is 4.86. The van der Waals surface area contributed by atoms with Crippen LogP contribution in [0.1, 0.15) is 44.7 Å². The van der Waals surface area contributed by atoms with E-state index >= 15 is 0 Å². The van der Waals surface area contributed by atoms with Gasteiger partial charge >= 0.3 is 0 Å². The Kier molecular flexibility index (Phi) is 8.84. The van der Waals surface area contributed by atoms with Gasteiger partial charge in [-0.3, -0.25) is 9.59 Å². The van der Waals surface area contributed by atoms with E-state index in [1.807, 2.05) is 30.3 Å². The summed E-state index contributed by atoms with van der Waals surface area (Å²) in [6.45, 7) is 6.84. The number of benzene rings is 2. The monoisotopic (exact) mass is 398 g/mol. The van der Waals surface area contributed by atoms with Crippen molar-refractivity contribution in [2.75, 3.05) is 6.54 Å². The van der Waals surface area contributed by atoms with E-state index < -0.39 is 6.04 Å². The highest BCUT2D eigenvalue weighted by molar-refractivity contribution is 5.87. The molecule has 0 fully saturated rings. The highest BCUT2D eigenvalue weighted by Crippen LogP contribution is 2.16. The number of hydrogen-bond donors (Lipinski definition) is 1. The quantitative estimate of drug-likeness (QED) is 0.647. The van der Waals surface area contributed by atoms with Gasteiger partial charge in [0.05, 0.1) is 0 Å². The average Bonchev–Trinajstić information content (AvgIpc) is 2.71. The molecule has 0 aromatic heterocycles. The van der Waals surface area contributed by atoms with Crippen molar-refractivity contribution in [3.63, 3.8) is 0 Å². The first-order valence-corrected chi connectivity index (χ1v) is 10.3. The Balaban J connectivity index is 2.27. The van der Waals surface area contributed by atoms with Crippen LogP contribution in [-0.4, -0.2) is 29.3 Å². The molecule has 2 rings (SSSR count). The SMILES string of the molecule is CCC(=O)N(Cc1ccc(F)cc1)C(Cc1ccccc1)C(=O)NCCC(C)C. The van der Waals surface area contributed by atoms with E-state index in [2.05, 4.69) is 19.2 Å². The van der Waals surface area contributed by atoms with Crippen LogP contribution in [0.3, 0.4) is 0 Å². The van der Waals surface area contributed by atoms with Crippen LogP contribution in [0.2, 0.25) is 0 Å². The van der Waals surface area contributed by atoms with Crippen molar-refractivity contribution in [2.45, 2.75) is 52.6 Å². The highest BCUT2D eigenvalue weighted by Gasteiger charge is 2.29. The zero-order valence-electron chi connectivity index (χ0n) is 17.5. The van der Waals surface area contributed by atoms with Crippen molar-refractivity contribution in [3.8, 4) is 0 Å². The molecular formula is C24H31FN2O2. The lowest BCUT2D eigenvalue weighted by Crippen LogP contribution is -2.50. The van der Waals surface area contributed by atoms with E-state index in [1.165, 1.54) is 12.1 Å². The molecule has 0 bridgehead atoms. The van der Waals surface area contributed by atoms with E-state index in [0.717, 1.165) is 17.5 Å². The van der Waals surface area contributed by atoms with Gasteiger partial charge in [-0.1, -0.05) is 63.2 Å². The van der Waals surface area contributed by atoms with Gasteiger partial charge in [0.2, 0.25) is 11.8 Å². The Bertz CT molecular complexity index is 775. The number of rotatable bonds is 10. The minimum Gasteiger partial charge on any atom is -0.354 e. The summed E-state index contributed by atoms with van der Waals surface area (Å²) in [6.07, 6.45) is 1.61. The maximum Gasteiger partial charge on any atom is 0.243 e. The normalized spacial score (nSPS) is 11.9. The molecule has 0 saturated carbocycles. The minimum atomic E-state index is -0.623. The van der Waals surface area contributed by atoms with Gasteiger partial charge in [0, 0.05) is 25.9 Å². The van der Waals surface area contributed by atoms with Crippen molar-refractivity contribution >= 4 is 11.8 Å². The molecule has 4 nitrogen and oxygen atoms in total. The average molecular weight is 399 g/mol. The van der Waals surface area contributed by atoms with Gasteiger partial charge in [-0.05, 0) is 35.6 Å². The number of amides is 2. The zero-order chi connectivity index (χ0) is 21.2. The second kappa shape index (κ2) is 11.3. The zero-order valence-corrected chi connectivity index (χ0v) is 17.5. The Morgan fingerprint density at radius 3 is 2.24 bits per heavy atom. The summed E-state index contributed by atoms with van der Waals surface area (Å²) in [7, 11) is 0. The van der Waals surface area contributed by atoms with Gasteiger partial charge in [0.25, 0.3) is 0 Å². The molecule has 2 aromatic rings. The van der Waals surface area contributed by atoms with Crippen LogP contribution in [0.25, 0.3) is 0 Å². The lowest BCUT2D eigenvalue weighted by molar-refractivity contribution is -0.141. The molecule has 0 heterocycles. The first-order chi connectivity index (χ1) is 13.9. The van der Waals surface area contributed by atoms with E-state index in [0.29, 0.717) is 25.3 Å². The maximum absolute atomic E-state index is 13.3. The summed E-state index contributed by atoms with van der Waals surface area (Å²) in [5.41, 5.74) is 1.78. The van der Waals surface area contributed by atoms with E-state index in [1.54, 1.807) is 24.0 Å². The standard InChI is InChI=1S/C24H31FN2O2/c1-4-23(28)27(17-20-10-12-21(25)13-11-20)22(16-19-8-6-5-7-9-19)24(29)26-15-14-18(2)3/h5-13,18,22H,4,14-17H2,1-3H3,(H,26,29). The van der Waals surface area contributed by atoms with Gasteiger partial charge in [0.1, 0.15) is 11.9 Å². The molecular weight excluding hydrogens is 367 g/mol. The summed E-state index contributed by atoms with van der Waals surface area (Å²) in [5.74, 6) is -0.0995. The number of nitrogens with zero attached hydrogens (tertiary/aromatic N) is 1. The Hall–Kier alpha value is -2.69. The molecule has 0 saturated heterocycles. The van der Waals surface area contributed by atoms with Gasteiger partial charge in [-0.15, -0.1) is 0 Å². The fourth-order valence-electron chi connectivity index (χ4n) is 3.15. The number of carbonyl (C=O) groups is 2. The summed E-state index contributed by atoms with van der Waals surface area (Å²) >= 11 is 0. The van der Waals surface area contributed by atoms with Crippen LogP contribution in [0.15, 0.2) is 54.6 Å². The molecule has 2 aromatic carbocycles. The van der Waals surface area contributed by atoms with Crippen molar-refractivity contribution in [1.82, 2.24) is 10.2 Å². The number of carbonyl (C=O) groups excluding carboxylic acids is 2. The molecule has 0 spiro atoms. The summed E-state index contributed by atoms with van der Waals surface area (Å²) in [6, 6.07) is 15.1. The van der Waals surface area contributed by atoms with Gasteiger partial charge in [-0.2, -0.15) is 0 Å². The Morgan fingerprint density at radius 2 is 1.66 bits per heavy atom. The molecule has 2 amide bonds. The van der Waals surface area contributed by atoms with Crippen LogP contribution in [0, 0.1) is 11.7 Å². The first kappa shape index (κ1) is 22.6. The minimum absolute atomic E-state index is 0.103. The third kappa shape index (κ3) is 7.33. The maximum atomic E-state index is 13.3. The molecule has 1 N–H and O–H groups in total. The van der Waals surface area contributed by atoms with Gasteiger partial charge in [0.15, 0.2) is 0 Å². The van der Waals surface area contributed by atoms with Crippen molar-refractivity contribution in [3.05, 3.63) is 71.5 Å². The molecule has 29 heavy (non-hydrogen) atoms. The molecule has 1 atom stereocenters. The Morgan fingerprint density at radius 1 is 1.00 bits per heavy atom. The lowest BCUT2D eigenvalue weighted by atomic mass is 10.0. The van der Waals surface area contributed by atoms with Crippen LogP contribution in [0.4, 0.5) is 4.39 Å². The first-order valence-electron chi connectivity index (χ1n) is 10.3. The highest BCUT2D eigenvalue weighted by atomic mass is 19.1. The molecule has 0 aliphatic rings. The van der Waals surface area contributed by atoms with Gasteiger partial charge in [-0.25, -0.2) is 4.39 Å². The fourth-order valence-corrected chi connectivity index (χ4v) is 3.15. The number of nitrogens with one attached hydrogen (secondary N) is 1. The van der Waals surface area contributed by atoms with Crippen molar-refractivity contribution < 1.29 is 14.0 Å². The molecule has 5 heteroatoms. The molecule has 1 unspecified atom stereocenters. The number of hydrogen-bond acceptors (Lipinski definition) is 2. The summed E-state index contributed by atoms with van der Waals surface area (Å²) in [5, 5.41) is 3.00. The molecule has 156 valence electrons. The molecule has 0 radical (unpaired) electrons. The largest absolute Gasteiger partial charge is 0.354 e. The van der Waals surface area contributed by atoms with Crippen LogP contribution >= 0.6 is 0 Å². The lowest BCUT2D eigenvalue weighted by Gasteiger charge is -2.31. The Labute approximate surface area is 173 Å². The fraction of sp³-hybridized carbons (Fsp3) is 0.417. The van der Waals surface area contributed by atoms with E-state index in [-0.39, 0.29) is 24.2 Å². The number of halogens is 1. The second-order valence-corrected chi connectivity index (χ2v) is 7.68. The van der Waals surface area contributed by atoms with Crippen LogP contribution in [0.5, 0.6) is 0 Å². The smallest absolute Gasteiger partial charge is 0.243 e. The summed E-state index contributed by atoms with van der Waals surface area (Å²) < 4.78 is 13.3. The van der Waals surface area contributed by atoms with E-state index in [9.17, 15) is 14.0 Å². The van der Waals surface area contributed by atoms with Crippen LogP contribution in [-0.2, 0) is 22.6 Å². The molecule has 0 aliphatic heterocycles. The third-order valence-corrected chi connectivity index (χ3v) is 4.86. The predicted molar refractivity (Wildman–Crippen MR) is 114 cm³/mol. The van der Waals surface area contributed by atoms with E-state index in [4.69, 9.17) is 0 Å². The second-order valence-electron chi connectivity index (χ2n) is 7.68. The van der Waals surface area contributed by atoms with Crippen molar-refractivity contribution in [2.24, 2.45) is 5.92 Å². The topological polar surface area (TPSA) is 49.4 Å². The summed E-state index contributed by atoms with van der Waals surface area (Å²) in [4.78, 5) is 27.5.